The van der Waals surface area contributed by atoms with Gasteiger partial charge in [-0.05, 0) is 44.4 Å². The second kappa shape index (κ2) is 9.39. The van der Waals surface area contributed by atoms with Crippen molar-refractivity contribution in [3.8, 4) is 5.75 Å². The SMILES string of the molecule is CCNC(=NCc1nnc2n1CCCC2)N(C)Cc1ccc(OCC)cc1. The highest BCUT2D eigenvalue weighted by Crippen LogP contribution is 2.15. The van der Waals surface area contributed by atoms with Gasteiger partial charge in [0.1, 0.15) is 18.1 Å². The first-order chi connectivity index (χ1) is 13.2. The molecule has 3 rings (SSSR count). The van der Waals surface area contributed by atoms with Crippen molar-refractivity contribution < 1.29 is 4.74 Å². The second-order valence-electron chi connectivity index (χ2n) is 6.74. The lowest BCUT2D eigenvalue weighted by atomic mass is 10.2. The lowest BCUT2D eigenvalue weighted by molar-refractivity contribution is 0.340. The Labute approximate surface area is 161 Å². The molecular formula is C20H30N6O. The average molecular weight is 371 g/mol. The van der Waals surface area contributed by atoms with Crippen molar-refractivity contribution in [3.63, 3.8) is 0 Å². The van der Waals surface area contributed by atoms with Crippen molar-refractivity contribution in [1.82, 2.24) is 25.0 Å². The molecule has 0 saturated carbocycles. The Balaban J connectivity index is 1.66. The Hall–Kier alpha value is -2.57. The van der Waals surface area contributed by atoms with E-state index in [0.717, 1.165) is 49.4 Å². The summed E-state index contributed by atoms with van der Waals surface area (Å²) in [6.45, 7) is 7.91. The first-order valence-corrected chi connectivity index (χ1v) is 9.83. The van der Waals surface area contributed by atoms with Gasteiger partial charge in [0.25, 0.3) is 0 Å². The summed E-state index contributed by atoms with van der Waals surface area (Å²) in [5.74, 6) is 3.83. The van der Waals surface area contributed by atoms with E-state index in [1.54, 1.807) is 0 Å². The topological polar surface area (TPSA) is 67.6 Å². The summed E-state index contributed by atoms with van der Waals surface area (Å²) < 4.78 is 7.74. The minimum atomic E-state index is 0.545. The molecule has 0 aliphatic carbocycles. The zero-order chi connectivity index (χ0) is 19.1. The molecule has 1 aromatic carbocycles. The number of aliphatic imine (C=N–C) groups is 1. The van der Waals surface area contributed by atoms with Crippen molar-refractivity contribution in [2.75, 3.05) is 20.2 Å². The van der Waals surface area contributed by atoms with Crippen LogP contribution in [0.2, 0.25) is 0 Å². The average Bonchev–Trinajstić information content (AvgIpc) is 3.10. The highest BCUT2D eigenvalue weighted by atomic mass is 16.5. The maximum absolute atomic E-state index is 5.51. The number of aryl methyl sites for hydroxylation is 1. The Bertz CT molecular complexity index is 752. The maximum Gasteiger partial charge on any atom is 0.194 e. The molecular weight excluding hydrogens is 340 g/mol. The summed E-state index contributed by atoms with van der Waals surface area (Å²) in [6.07, 6.45) is 3.42. The van der Waals surface area contributed by atoms with Crippen molar-refractivity contribution in [2.45, 2.75) is 52.7 Å². The van der Waals surface area contributed by atoms with Crippen LogP contribution in [0.25, 0.3) is 0 Å². The number of hydrogen-bond acceptors (Lipinski definition) is 4. The molecule has 2 heterocycles. The molecule has 0 radical (unpaired) electrons. The number of aromatic nitrogens is 3. The molecule has 0 bridgehead atoms. The monoisotopic (exact) mass is 370 g/mol. The van der Waals surface area contributed by atoms with Gasteiger partial charge in [0, 0.05) is 33.1 Å². The fraction of sp³-hybridized carbons (Fsp3) is 0.550. The molecule has 1 aliphatic rings. The largest absolute Gasteiger partial charge is 0.494 e. The normalized spacial score (nSPS) is 14.0. The number of nitrogens with one attached hydrogen (secondary N) is 1. The fourth-order valence-corrected chi connectivity index (χ4v) is 3.31. The summed E-state index contributed by atoms with van der Waals surface area (Å²) >= 11 is 0. The third-order valence-electron chi connectivity index (χ3n) is 4.66. The van der Waals surface area contributed by atoms with Crippen LogP contribution in [0.4, 0.5) is 0 Å². The maximum atomic E-state index is 5.51. The third kappa shape index (κ3) is 4.99. The fourth-order valence-electron chi connectivity index (χ4n) is 3.31. The van der Waals surface area contributed by atoms with E-state index in [-0.39, 0.29) is 0 Å². The Morgan fingerprint density at radius 1 is 1.22 bits per heavy atom. The molecule has 0 saturated heterocycles. The molecule has 27 heavy (non-hydrogen) atoms. The minimum absolute atomic E-state index is 0.545. The number of ether oxygens (including phenoxy) is 1. The van der Waals surface area contributed by atoms with Gasteiger partial charge in [-0.3, -0.25) is 0 Å². The molecule has 0 spiro atoms. The smallest absolute Gasteiger partial charge is 0.194 e. The van der Waals surface area contributed by atoms with Crippen LogP contribution in [0.15, 0.2) is 29.3 Å². The summed E-state index contributed by atoms with van der Waals surface area (Å²) in [5.41, 5.74) is 1.21. The standard InChI is InChI=1S/C20H30N6O/c1-4-21-20(22-14-19-24-23-18-8-6-7-13-26(18)19)25(3)15-16-9-11-17(12-10-16)27-5-2/h9-12H,4-8,13-15H2,1-3H3,(H,21,22). The van der Waals surface area contributed by atoms with Gasteiger partial charge < -0.3 is 19.5 Å². The minimum Gasteiger partial charge on any atom is -0.494 e. The number of hydrogen-bond donors (Lipinski definition) is 1. The van der Waals surface area contributed by atoms with Gasteiger partial charge in [-0.25, -0.2) is 4.99 Å². The summed E-state index contributed by atoms with van der Waals surface area (Å²) in [6, 6.07) is 8.22. The predicted molar refractivity (Wildman–Crippen MR) is 107 cm³/mol. The van der Waals surface area contributed by atoms with Gasteiger partial charge in [-0.2, -0.15) is 0 Å². The lowest BCUT2D eigenvalue weighted by Gasteiger charge is -2.22. The number of fused-ring (bicyclic) bond motifs is 1. The van der Waals surface area contributed by atoms with Gasteiger partial charge >= 0.3 is 0 Å². The van der Waals surface area contributed by atoms with Crippen molar-refractivity contribution >= 4 is 5.96 Å². The first kappa shape index (κ1) is 19.2. The number of nitrogens with zero attached hydrogens (tertiary/aromatic N) is 5. The van der Waals surface area contributed by atoms with Crippen LogP contribution in [0.3, 0.4) is 0 Å². The van der Waals surface area contributed by atoms with E-state index >= 15 is 0 Å². The molecule has 2 aromatic rings. The molecule has 0 atom stereocenters. The number of rotatable bonds is 7. The Morgan fingerprint density at radius 3 is 2.78 bits per heavy atom. The highest BCUT2D eigenvalue weighted by molar-refractivity contribution is 5.79. The lowest BCUT2D eigenvalue weighted by Crippen LogP contribution is -2.38. The second-order valence-corrected chi connectivity index (χ2v) is 6.74. The molecule has 1 aromatic heterocycles. The van der Waals surface area contributed by atoms with Gasteiger partial charge in [0.15, 0.2) is 11.8 Å². The molecule has 146 valence electrons. The van der Waals surface area contributed by atoms with Crippen LogP contribution >= 0.6 is 0 Å². The van der Waals surface area contributed by atoms with E-state index in [1.165, 1.54) is 18.4 Å². The molecule has 7 heteroatoms. The first-order valence-electron chi connectivity index (χ1n) is 9.83. The summed E-state index contributed by atoms with van der Waals surface area (Å²) in [4.78, 5) is 6.92. The van der Waals surface area contributed by atoms with Gasteiger partial charge in [0.2, 0.25) is 0 Å². The zero-order valence-electron chi connectivity index (χ0n) is 16.6. The van der Waals surface area contributed by atoms with Gasteiger partial charge in [-0.1, -0.05) is 12.1 Å². The number of benzene rings is 1. The van der Waals surface area contributed by atoms with E-state index in [1.807, 2.05) is 19.1 Å². The molecule has 0 fully saturated rings. The molecule has 1 N–H and O–H groups in total. The molecule has 0 unspecified atom stereocenters. The van der Waals surface area contributed by atoms with E-state index in [2.05, 4.69) is 51.1 Å². The summed E-state index contributed by atoms with van der Waals surface area (Å²) in [5, 5.41) is 12.0. The van der Waals surface area contributed by atoms with E-state index in [0.29, 0.717) is 13.2 Å². The predicted octanol–water partition coefficient (Wildman–Crippen LogP) is 2.61. The van der Waals surface area contributed by atoms with Crippen molar-refractivity contribution in [2.24, 2.45) is 4.99 Å². The van der Waals surface area contributed by atoms with E-state index in [9.17, 15) is 0 Å². The third-order valence-corrected chi connectivity index (χ3v) is 4.66. The van der Waals surface area contributed by atoms with Crippen LogP contribution in [0.5, 0.6) is 5.75 Å². The van der Waals surface area contributed by atoms with Gasteiger partial charge in [-0.15, -0.1) is 10.2 Å². The highest BCUT2D eigenvalue weighted by Gasteiger charge is 2.16. The van der Waals surface area contributed by atoms with Crippen LogP contribution in [0, 0.1) is 0 Å². The Kier molecular flexibility index (Phi) is 6.68. The van der Waals surface area contributed by atoms with E-state index < -0.39 is 0 Å². The summed E-state index contributed by atoms with van der Waals surface area (Å²) in [7, 11) is 2.05. The van der Waals surface area contributed by atoms with Crippen LogP contribution < -0.4 is 10.1 Å². The van der Waals surface area contributed by atoms with Crippen LogP contribution in [0.1, 0.15) is 43.9 Å². The zero-order valence-corrected chi connectivity index (χ0v) is 16.6. The van der Waals surface area contributed by atoms with Crippen LogP contribution in [-0.4, -0.2) is 45.8 Å². The molecule has 7 nitrogen and oxygen atoms in total. The van der Waals surface area contributed by atoms with Gasteiger partial charge in [0.05, 0.1) is 6.61 Å². The van der Waals surface area contributed by atoms with Crippen molar-refractivity contribution in [3.05, 3.63) is 41.5 Å². The molecule has 1 aliphatic heterocycles. The Morgan fingerprint density at radius 2 is 2.04 bits per heavy atom. The quantitative estimate of drug-likeness (QED) is 0.599. The number of guanidine groups is 1. The molecule has 0 amide bonds. The van der Waals surface area contributed by atoms with Crippen LogP contribution in [-0.2, 0) is 26.1 Å². The van der Waals surface area contributed by atoms with E-state index in [4.69, 9.17) is 9.73 Å². The van der Waals surface area contributed by atoms with Crippen molar-refractivity contribution in [1.29, 1.82) is 0 Å².